The molecule has 0 N–H and O–H groups in total. The third kappa shape index (κ3) is 2.94. The quantitative estimate of drug-likeness (QED) is 0.597. The first-order valence-corrected chi connectivity index (χ1v) is 5.89. The summed E-state index contributed by atoms with van der Waals surface area (Å²) < 4.78 is 15.8. The molecule has 0 saturated heterocycles. The Kier molecular flexibility index (Phi) is 4.59. The van der Waals surface area contributed by atoms with E-state index in [1.54, 1.807) is 18.2 Å². The summed E-state index contributed by atoms with van der Waals surface area (Å²) in [7, 11) is 3.05. The van der Waals surface area contributed by atoms with Gasteiger partial charge in [-0.2, -0.15) is 0 Å². The number of ether oxygens (including phenoxy) is 3. The van der Waals surface area contributed by atoms with E-state index in [-0.39, 0.29) is 5.97 Å². The fraction of sp³-hybridized carbons (Fsp3) is 0.500. The van der Waals surface area contributed by atoms with E-state index in [0.29, 0.717) is 23.7 Å². The summed E-state index contributed by atoms with van der Waals surface area (Å²) in [5, 5.41) is 0. The van der Waals surface area contributed by atoms with Gasteiger partial charge in [-0.3, -0.25) is 4.79 Å². The summed E-state index contributed by atoms with van der Waals surface area (Å²) in [6.07, 6.45) is 0.698. The first-order valence-electron chi connectivity index (χ1n) is 5.89. The maximum Gasteiger partial charge on any atom is 0.317 e. The van der Waals surface area contributed by atoms with E-state index in [1.807, 2.05) is 20.8 Å². The Balaban J connectivity index is 3.06. The molecule has 100 valence electrons. The van der Waals surface area contributed by atoms with Crippen LogP contribution in [0, 0.1) is 5.41 Å². The van der Waals surface area contributed by atoms with Crippen molar-refractivity contribution in [2.24, 2.45) is 5.41 Å². The van der Waals surface area contributed by atoms with Crippen molar-refractivity contribution in [2.45, 2.75) is 27.2 Å². The molecule has 0 fully saturated rings. The molecule has 0 atom stereocenters. The van der Waals surface area contributed by atoms with Gasteiger partial charge in [-0.1, -0.05) is 13.0 Å². The summed E-state index contributed by atoms with van der Waals surface area (Å²) in [5.41, 5.74) is -0.536. The molecular weight excluding hydrogens is 232 g/mol. The van der Waals surface area contributed by atoms with Gasteiger partial charge < -0.3 is 14.2 Å². The van der Waals surface area contributed by atoms with Gasteiger partial charge in [-0.15, -0.1) is 0 Å². The average Bonchev–Trinajstić information content (AvgIpc) is 2.38. The Morgan fingerprint density at radius 1 is 1.17 bits per heavy atom. The molecule has 0 bridgehead atoms. The van der Waals surface area contributed by atoms with E-state index in [9.17, 15) is 4.79 Å². The van der Waals surface area contributed by atoms with Crippen molar-refractivity contribution in [1.29, 1.82) is 0 Å². The number of carbonyl (C=O) groups is 1. The lowest BCUT2D eigenvalue weighted by Gasteiger charge is -2.21. The number of methoxy groups -OCH3 is 2. The topological polar surface area (TPSA) is 44.8 Å². The summed E-state index contributed by atoms with van der Waals surface area (Å²) in [6.45, 7) is 5.63. The second kappa shape index (κ2) is 5.76. The normalized spacial score (nSPS) is 10.9. The van der Waals surface area contributed by atoms with Gasteiger partial charge in [0.2, 0.25) is 5.75 Å². The number of rotatable bonds is 5. The van der Waals surface area contributed by atoms with Crippen LogP contribution in [0.2, 0.25) is 0 Å². The van der Waals surface area contributed by atoms with Crippen LogP contribution in [0.4, 0.5) is 0 Å². The molecule has 0 radical (unpaired) electrons. The molecule has 0 heterocycles. The van der Waals surface area contributed by atoms with Crippen LogP contribution in [0.5, 0.6) is 17.2 Å². The van der Waals surface area contributed by atoms with Gasteiger partial charge in [0.1, 0.15) is 0 Å². The van der Waals surface area contributed by atoms with Crippen LogP contribution in [0.1, 0.15) is 27.2 Å². The molecule has 0 aliphatic heterocycles. The minimum Gasteiger partial charge on any atom is -0.493 e. The maximum atomic E-state index is 12.1. The molecule has 0 saturated carbocycles. The third-order valence-corrected chi connectivity index (χ3v) is 3.01. The van der Waals surface area contributed by atoms with Crippen molar-refractivity contribution >= 4 is 5.97 Å². The Hall–Kier alpha value is -1.71. The Morgan fingerprint density at radius 3 is 2.06 bits per heavy atom. The summed E-state index contributed by atoms with van der Waals surface area (Å²) in [5.74, 6) is 0.992. The van der Waals surface area contributed by atoms with Gasteiger partial charge in [0.25, 0.3) is 0 Å². The molecule has 4 nitrogen and oxygen atoms in total. The van der Waals surface area contributed by atoms with Crippen molar-refractivity contribution in [3.63, 3.8) is 0 Å². The first-order chi connectivity index (χ1) is 8.46. The van der Waals surface area contributed by atoms with E-state index in [0.717, 1.165) is 0 Å². The smallest absolute Gasteiger partial charge is 0.317 e. The molecule has 0 aromatic heterocycles. The van der Waals surface area contributed by atoms with Crippen molar-refractivity contribution in [3.05, 3.63) is 18.2 Å². The third-order valence-electron chi connectivity index (χ3n) is 3.01. The Morgan fingerprint density at radius 2 is 1.67 bits per heavy atom. The lowest BCUT2D eigenvalue weighted by molar-refractivity contribution is -0.144. The molecule has 0 aliphatic carbocycles. The molecule has 0 unspecified atom stereocenters. The van der Waals surface area contributed by atoms with Gasteiger partial charge in [-0.05, 0) is 32.4 Å². The van der Waals surface area contributed by atoms with Gasteiger partial charge in [-0.25, -0.2) is 0 Å². The SMILES string of the molecule is CCC(C)(C)C(=O)Oc1c(OC)cccc1OC. The van der Waals surface area contributed by atoms with Crippen molar-refractivity contribution in [1.82, 2.24) is 0 Å². The second-order valence-electron chi connectivity index (χ2n) is 4.62. The minimum absolute atomic E-state index is 0.298. The maximum absolute atomic E-state index is 12.1. The monoisotopic (exact) mass is 252 g/mol. The number of hydrogen-bond acceptors (Lipinski definition) is 4. The number of esters is 1. The standard InChI is InChI=1S/C14H20O4/c1-6-14(2,3)13(15)18-12-10(16-4)8-7-9-11(12)17-5/h7-9H,6H2,1-5H3. The number of carbonyl (C=O) groups excluding carboxylic acids is 1. The van der Waals surface area contributed by atoms with E-state index < -0.39 is 5.41 Å². The minimum atomic E-state index is -0.536. The summed E-state index contributed by atoms with van der Waals surface area (Å²) >= 11 is 0. The molecule has 0 aliphatic rings. The highest BCUT2D eigenvalue weighted by molar-refractivity contribution is 5.79. The first kappa shape index (κ1) is 14.4. The second-order valence-corrected chi connectivity index (χ2v) is 4.62. The zero-order valence-electron chi connectivity index (χ0n) is 11.6. The molecular formula is C14H20O4. The van der Waals surface area contributed by atoms with Gasteiger partial charge in [0.15, 0.2) is 11.5 Å². The molecule has 1 rings (SSSR count). The zero-order chi connectivity index (χ0) is 13.8. The van der Waals surface area contributed by atoms with Crippen LogP contribution in [0.3, 0.4) is 0 Å². The molecule has 0 spiro atoms. The molecule has 1 aromatic carbocycles. The largest absolute Gasteiger partial charge is 0.493 e. The van der Waals surface area contributed by atoms with Crippen molar-refractivity contribution < 1.29 is 19.0 Å². The van der Waals surface area contributed by atoms with Gasteiger partial charge in [0, 0.05) is 0 Å². The Labute approximate surface area is 108 Å². The van der Waals surface area contributed by atoms with Crippen LogP contribution in [0.15, 0.2) is 18.2 Å². The highest BCUT2D eigenvalue weighted by atomic mass is 16.6. The van der Waals surface area contributed by atoms with Gasteiger partial charge in [0.05, 0.1) is 19.6 Å². The van der Waals surface area contributed by atoms with Crippen LogP contribution in [0.25, 0.3) is 0 Å². The summed E-state index contributed by atoms with van der Waals surface area (Å²) in [4.78, 5) is 12.1. The summed E-state index contributed by atoms with van der Waals surface area (Å²) in [6, 6.07) is 5.23. The van der Waals surface area contributed by atoms with Crippen LogP contribution in [-0.2, 0) is 4.79 Å². The zero-order valence-corrected chi connectivity index (χ0v) is 11.6. The highest BCUT2D eigenvalue weighted by Crippen LogP contribution is 2.38. The van der Waals surface area contributed by atoms with Crippen LogP contribution >= 0.6 is 0 Å². The number of benzene rings is 1. The fourth-order valence-electron chi connectivity index (χ4n) is 1.29. The Bertz CT molecular complexity index is 402. The number of para-hydroxylation sites is 1. The molecule has 18 heavy (non-hydrogen) atoms. The van der Waals surface area contributed by atoms with Crippen LogP contribution < -0.4 is 14.2 Å². The predicted octanol–water partition coefficient (Wildman–Crippen LogP) is 3.05. The van der Waals surface area contributed by atoms with E-state index in [1.165, 1.54) is 14.2 Å². The molecule has 0 amide bonds. The predicted molar refractivity (Wildman–Crippen MR) is 69.3 cm³/mol. The van der Waals surface area contributed by atoms with E-state index in [2.05, 4.69) is 0 Å². The lowest BCUT2D eigenvalue weighted by Crippen LogP contribution is -2.28. The molecule has 1 aromatic rings. The van der Waals surface area contributed by atoms with E-state index in [4.69, 9.17) is 14.2 Å². The van der Waals surface area contributed by atoms with Gasteiger partial charge >= 0.3 is 5.97 Å². The van der Waals surface area contributed by atoms with Crippen molar-refractivity contribution in [3.8, 4) is 17.2 Å². The molecule has 4 heteroatoms. The highest BCUT2D eigenvalue weighted by Gasteiger charge is 2.29. The van der Waals surface area contributed by atoms with Crippen molar-refractivity contribution in [2.75, 3.05) is 14.2 Å². The average molecular weight is 252 g/mol. The lowest BCUT2D eigenvalue weighted by atomic mass is 9.91. The van der Waals surface area contributed by atoms with E-state index >= 15 is 0 Å². The fourth-order valence-corrected chi connectivity index (χ4v) is 1.29. The number of hydrogen-bond donors (Lipinski definition) is 0. The van der Waals surface area contributed by atoms with Crippen LogP contribution in [-0.4, -0.2) is 20.2 Å².